The van der Waals surface area contributed by atoms with E-state index < -0.39 is 23.7 Å². The summed E-state index contributed by atoms with van der Waals surface area (Å²) in [5.74, 6) is -0.0982. The number of morpholine rings is 1. The van der Waals surface area contributed by atoms with Gasteiger partial charge in [0, 0.05) is 36.6 Å². The molecule has 4 fully saturated rings. The Morgan fingerprint density at radius 2 is 1.87 bits per heavy atom. The lowest BCUT2D eigenvalue weighted by atomic mass is 9.43. The Morgan fingerprint density at radius 1 is 1.20 bits per heavy atom. The van der Waals surface area contributed by atoms with Gasteiger partial charge in [-0.25, -0.2) is 9.97 Å². The van der Waals surface area contributed by atoms with Crippen molar-refractivity contribution in [2.24, 2.45) is 0 Å². The molecule has 7 nitrogen and oxygen atoms in total. The maximum Gasteiger partial charge on any atom is 0.419 e. The van der Waals surface area contributed by atoms with Crippen LogP contribution in [0.1, 0.15) is 43.7 Å². The monoisotopic (exact) mass is 423 g/mol. The van der Waals surface area contributed by atoms with Gasteiger partial charge in [0.2, 0.25) is 0 Å². The van der Waals surface area contributed by atoms with Crippen LogP contribution in [0.5, 0.6) is 0 Å². The minimum Gasteiger partial charge on any atom is -0.385 e. The number of nitrogens with zero attached hydrogens (tertiary/aromatic N) is 4. The zero-order valence-electron chi connectivity index (χ0n) is 16.6. The molecule has 1 unspecified atom stereocenters. The second-order valence-corrected chi connectivity index (χ2v) is 8.76. The van der Waals surface area contributed by atoms with Crippen LogP contribution in [0.15, 0.2) is 18.5 Å². The van der Waals surface area contributed by atoms with E-state index in [0.29, 0.717) is 11.5 Å². The molecule has 1 aliphatic heterocycles. The van der Waals surface area contributed by atoms with Crippen molar-refractivity contribution < 1.29 is 23.0 Å². The van der Waals surface area contributed by atoms with Gasteiger partial charge in [0.05, 0.1) is 30.0 Å². The Hall–Kier alpha value is -2.17. The summed E-state index contributed by atoms with van der Waals surface area (Å²) in [7, 11) is 0. The number of nitrogen functional groups attached to an aromatic ring is 1. The molecule has 1 atom stereocenters. The molecule has 3 N–H and O–H groups in total. The van der Waals surface area contributed by atoms with Gasteiger partial charge in [-0.15, -0.1) is 0 Å². The highest BCUT2D eigenvalue weighted by Crippen LogP contribution is 2.68. The maximum absolute atomic E-state index is 13.2. The first kappa shape index (κ1) is 19.8. The molecule has 2 aromatic rings. The number of hydrogen-bond acceptors (Lipinski definition) is 6. The molecule has 2 aromatic heterocycles. The minimum atomic E-state index is -4.60. The zero-order valence-corrected chi connectivity index (χ0v) is 16.6. The minimum absolute atomic E-state index is 0.135. The number of aliphatic hydroxyl groups is 1. The van der Waals surface area contributed by atoms with Gasteiger partial charge < -0.3 is 20.1 Å². The molecule has 2 bridgehead atoms. The molecule has 0 aromatic carbocycles. The second kappa shape index (κ2) is 6.41. The topological polar surface area (TPSA) is 89.4 Å². The number of aromatic nitrogens is 3. The summed E-state index contributed by atoms with van der Waals surface area (Å²) in [4.78, 5) is 10.7. The molecule has 3 saturated carbocycles. The predicted molar refractivity (Wildman–Crippen MR) is 102 cm³/mol. The standard InChI is InChI=1S/C20H24F3N5O2/c1-12(29)17-26-15(13-6-14(20(21,22)23)16(24)25-7-13)8-28(17)19-9-18(10-19,11-19)27-2-4-30-5-3-27/h6-8,12,29H,2-5,9-11H2,1H3,(H2,24,25). The lowest BCUT2D eigenvalue weighted by Gasteiger charge is -2.74. The molecular formula is C20H24F3N5O2. The first-order valence-electron chi connectivity index (χ1n) is 10.1. The van der Waals surface area contributed by atoms with Crippen LogP contribution in [0, 0.1) is 0 Å². The van der Waals surface area contributed by atoms with E-state index in [9.17, 15) is 18.3 Å². The summed E-state index contributed by atoms with van der Waals surface area (Å²) in [5, 5.41) is 10.3. The molecule has 0 radical (unpaired) electrons. The van der Waals surface area contributed by atoms with Crippen molar-refractivity contribution in [2.45, 2.75) is 49.5 Å². The van der Waals surface area contributed by atoms with Crippen LogP contribution < -0.4 is 5.73 Å². The first-order valence-corrected chi connectivity index (χ1v) is 10.1. The molecule has 3 aliphatic carbocycles. The van der Waals surface area contributed by atoms with Crippen molar-refractivity contribution in [3.8, 4) is 11.3 Å². The highest BCUT2D eigenvalue weighted by molar-refractivity contribution is 5.62. The maximum atomic E-state index is 13.2. The van der Waals surface area contributed by atoms with Gasteiger partial charge in [-0.3, -0.25) is 4.90 Å². The molecular weight excluding hydrogens is 399 g/mol. The lowest BCUT2D eigenvalue weighted by molar-refractivity contribution is -0.221. The van der Waals surface area contributed by atoms with Gasteiger partial charge in [-0.1, -0.05) is 0 Å². The molecule has 1 saturated heterocycles. The number of ether oxygens (including phenoxy) is 1. The predicted octanol–water partition coefficient (Wildman–Crippen LogP) is 2.56. The molecule has 30 heavy (non-hydrogen) atoms. The summed E-state index contributed by atoms with van der Waals surface area (Å²) in [6.45, 7) is 4.95. The highest BCUT2D eigenvalue weighted by Gasteiger charge is 2.71. The second-order valence-electron chi connectivity index (χ2n) is 8.76. The summed E-state index contributed by atoms with van der Waals surface area (Å²) in [5.41, 5.74) is 5.06. The third kappa shape index (κ3) is 2.84. The van der Waals surface area contributed by atoms with Gasteiger partial charge in [0.25, 0.3) is 0 Å². The van der Waals surface area contributed by atoms with Crippen molar-refractivity contribution in [3.63, 3.8) is 0 Å². The number of imidazole rings is 1. The van der Waals surface area contributed by atoms with E-state index in [2.05, 4.69) is 14.9 Å². The summed E-state index contributed by atoms with van der Waals surface area (Å²) >= 11 is 0. The zero-order chi connectivity index (χ0) is 21.3. The van der Waals surface area contributed by atoms with Crippen LogP contribution in [0.25, 0.3) is 11.3 Å². The normalized spacial score (nSPS) is 29.9. The highest BCUT2D eigenvalue weighted by atomic mass is 19.4. The number of halogens is 3. The Labute approximate surface area is 171 Å². The van der Waals surface area contributed by atoms with E-state index in [0.717, 1.165) is 51.6 Å². The number of rotatable bonds is 4. The van der Waals surface area contributed by atoms with Crippen molar-refractivity contribution in [1.29, 1.82) is 0 Å². The number of anilines is 1. The molecule has 10 heteroatoms. The van der Waals surface area contributed by atoms with Crippen LogP contribution in [0.2, 0.25) is 0 Å². The van der Waals surface area contributed by atoms with E-state index >= 15 is 0 Å². The Balaban J connectivity index is 1.45. The molecule has 4 aliphatic rings. The summed E-state index contributed by atoms with van der Waals surface area (Å²) in [6.07, 6.45) is 0.450. The van der Waals surface area contributed by atoms with Crippen molar-refractivity contribution in [2.75, 3.05) is 32.0 Å². The van der Waals surface area contributed by atoms with Gasteiger partial charge >= 0.3 is 6.18 Å². The number of alkyl halides is 3. The van der Waals surface area contributed by atoms with Crippen LogP contribution in [-0.4, -0.2) is 56.4 Å². The molecule has 6 rings (SSSR count). The van der Waals surface area contributed by atoms with Crippen LogP contribution in [0.4, 0.5) is 19.0 Å². The fraction of sp³-hybridized carbons (Fsp3) is 0.600. The van der Waals surface area contributed by atoms with Gasteiger partial charge in [-0.2, -0.15) is 13.2 Å². The third-order valence-corrected chi connectivity index (χ3v) is 6.79. The van der Waals surface area contributed by atoms with Crippen molar-refractivity contribution in [1.82, 2.24) is 19.4 Å². The smallest absolute Gasteiger partial charge is 0.385 e. The van der Waals surface area contributed by atoms with Crippen molar-refractivity contribution in [3.05, 3.63) is 29.8 Å². The Kier molecular flexibility index (Phi) is 4.23. The lowest BCUT2D eigenvalue weighted by Crippen LogP contribution is -2.79. The fourth-order valence-electron chi connectivity index (χ4n) is 5.36. The molecule has 0 amide bonds. The van der Waals surface area contributed by atoms with Crippen LogP contribution in [-0.2, 0) is 16.5 Å². The molecule has 0 spiro atoms. The number of nitrogens with two attached hydrogens (primary N) is 1. The number of aliphatic hydroxyl groups excluding tert-OH is 1. The summed E-state index contributed by atoms with van der Waals surface area (Å²) < 4.78 is 47.1. The van der Waals surface area contributed by atoms with E-state index in [1.54, 1.807) is 13.1 Å². The quantitative estimate of drug-likeness (QED) is 0.786. The first-order chi connectivity index (χ1) is 14.1. The SMILES string of the molecule is CC(O)c1nc(-c2cnc(N)c(C(F)(F)F)c2)cn1C12CC(N3CCOCC3)(C1)C2. The van der Waals surface area contributed by atoms with E-state index in [1.807, 2.05) is 4.57 Å². The molecule has 162 valence electrons. The number of pyridine rings is 1. The Bertz CT molecular complexity index is 962. The molecule has 3 heterocycles. The summed E-state index contributed by atoms with van der Waals surface area (Å²) in [6, 6.07) is 0.970. The van der Waals surface area contributed by atoms with Gasteiger partial charge in [0.1, 0.15) is 17.7 Å². The van der Waals surface area contributed by atoms with Crippen LogP contribution in [0.3, 0.4) is 0 Å². The van der Waals surface area contributed by atoms with E-state index in [1.165, 1.54) is 6.20 Å². The van der Waals surface area contributed by atoms with Gasteiger partial charge in [-0.05, 0) is 32.3 Å². The Morgan fingerprint density at radius 3 is 2.47 bits per heavy atom. The average Bonchev–Trinajstić information content (AvgIpc) is 3.05. The third-order valence-electron chi connectivity index (χ3n) is 6.79. The van der Waals surface area contributed by atoms with Gasteiger partial charge in [0.15, 0.2) is 0 Å². The van der Waals surface area contributed by atoms with Crippen molar-refractivity contribution >= 4 is 5.82 Å². The van der Waals surface area contributed by atoms with E-state index in [4.69, 9.17) is 10.5 Å². The number of hydrogen-bond donors (Lipinski definition) is 2. The average molecular weight is 423 g/mol. The van der Waals surface area contributed by atoms with Crippen LogP contribution >= 0.6 is 0 Å². The van der Waals surface area contributed by atoms with E-state index in [-0.39, 0.29) is 16.6 Å². The largest absolute Gasteiger partial charge is 0.419 e. The fourth-order valence-corrected chi connectivity index (χ4v) is 5.36.